The Morgan fingerprint density at radius 2 is 1.85 bits per heavy atom. The fourth-order valence-electron chi connectivity index (χ4n) is 4.67. The van der Waals surface area contributed by atoms with Crippen molar-refractivity contribution in [1.82, 2.24) is 10.2 Å². The fraction of sp³-hybridized carbons (Fsp3) is 0.375. The SMILES string of the molecule is CCOc1cc(-c2ccc(Cl)cc2)cc([C@@H]2C(=O)N3[C@@H]2SC(C)(C)[C@]3(NC(C)=O)C(=O)O)c1. The molecule has 7 nitrogen and oxygen atoms in total. The number of hydrogen-bond acceptors (Lipinski definition) is 5. The van der Waals surface area contributed by atoms with Crippen molar-refractivity contribution in [2.75, 3.05) is 6.61 Å². The molecule has 2 aliphatic heterocycles. The first-order chi connectivity index (χ1) is 15.5. The predicted molar refractivity (Wildman–Crippen MR) is 127 cm³/mol. The Labute approximate surface area is 201 Å². The van der Waals surface area contributed by atoms with Gasteiger partial charge in [-0.1, -0.05) is 23.7 Å². The van der Waals surface area contributed by atoms with Gasteiger partial charge in [0.1, 0.15) is 5.75 Å². The maximum Gasteiger partial charge on any atom is 0.352 e. The number of halogens is 1. The Bertz CT molecular complexity index is 1140. The zero-order chi connectivity index (χ0) is 24.1. The summed E-state index contributed by atoms with van der Waals surface area (Å²) in [6.45, 7) is 7.07. The van der Waals surface area contributed by atoms with Crippen LogP contribution in [0.3, 0.4) is 0 Å². The molecular formula is C24H25ClN2O5S. The van der Waals surface area contributed by atoms with Gasteiger partial charge < -0.3 is 15.2 Å². The number of thioether (sulfide) groups is 1. The van der Waals surface area contributed by atoms with Crippen LogP contribution >= 0.6 is 23.4 Å². The standard InChI is InChI=1S/C24H25ClN2O5S/c1-5-32-18-11-15(14-6-8-17(25)9-7-14)10-16(12-18)19-20(29)27-21(19)33-23(3,4)24(27,22(30)31)26-13(2)28/h6-12,19,21H,5H2,1-4H3,(H,26,28)(H,30,31)/t19-,21-,24+/m1/s1. The summed E-state index contributed by atoms with van der Waals surface area (Å²) in [6.07, 6.45) is 0. The molecule has 9 heteroatoms. The van der Waals surface area contributed by atoms with Crippen LogP contribution in [0.5, 0.6) is 5.75 Å². The van der Waals surface area contributed by atoms with Gasteiger partial charge in [-0.15, -0.1) is 11.8 Å². The second-order valence-corrected chi connectivity index (χ2v) is 10.8. The summed E-state index contributed by atoms with van der Waals surface area (Å²) < 4.78 is 4.81. The molecule has 4 rings (SSSR count). The summed E-state index contributed by atoms with van der Waals surface area (Å²) in [5, 5.41) is 12.9. The summed E-state index contributed by atoms with van der Waals surface area (Å²) >= 11 is 7.41. The van der Waals surface area contributed by atoms with Crippen LogP contribution in [0.1, 0.15) is 39.2 Å². The first-order valence-corrected chi connectivity index (χ1v) is 11.8. The van der Waals surface area contributed by atoms with Crippen LogP contribution in [0.4, 0.5) is 0 Å². The van der Waals surface area contributed by atoms with Gasteiger partial charge in [0, 0.05) is 11.9 Å². The minimum absolute atomic E-state index is 0.343. The van der Waals surface area contributed by atoms with E-state index in [4.69, 9.17) is 16.3 Å². The Hall–Kier alpha value is -2.71. The molecule has 0 unspecified atom stereocenters. The fourth-order valence-corrected chi connectivity index (χ4v) is 6.58. The average molecular weight is 489 g/mol. The van der Waals surface area contributed by atoms with Gasteiger partial charge in [-0.3, -0.25) is 14.5 Å². The van der Waals surface area contributed by atoms with Crippen molar-refractivity contribution in [3.05, 3.63) is 53.1 Å². The number of carbonyl (C=O) groups excluding carboxylic acids is 2. The van der Waals surface area contributed by atoms with Crippen molar-refractivity contribution in [2.24, 2.45) is 0 Å². The van der Waals surface area contributed by atoms with Crippen LogP contribution in [-0.2, 0) is 14.4 Å². The number of aliphatic carboxylic acids is 1. The van der Waals surface area contributed by atoms with E-state index in [0.717, 1.165) is 16.7 Å². The highest BCUT2D eigenvalue weighted by Crippen LogP contribution is 2.60. The third-order valence-electron chi connectivity index (χ3n) is 6.13. The molecule has 0 spiro atoms. The number of carboxylic acids is 1. The molecule has 2 N–H and O–H groups in total. The zero-order valence-electron chi connectivity index (χ0n) is 18.7. The second kappa shape index (κ2) is 8.25. The number of benzene rings is 2. The van der Waals surface area contributed by atoms with Gasteiger partial charge >= 0.3 is 5.97 Å². The number of fused-ring (bicyclic) bond motifs is 1. The Balaban J connectivity index is 1.77. The summed E-state index contributed by atoms with van der Waals surface area (Å²) in [5.41, 5.74) is 0.707. The number of rotatable bonds is 6. The monoisotopic (exact) mass is 488 g/mol. The van der Waals surface area contributed by atoms with Crippen molar-refractivity contribution >= 4 is 41.1 Å². The molecule has 0 aromatic heterocycles. The van der Waals surface area contributed by atoms with Crippen LogP contribution in [0.2, 0.25) is 5.02 Å². The minimum Gasteiger partial charge on any atom is -0.494 e. The van der Waals surface area contributed by atoms with Gasteiger partial charge in [0.05, 0.1) is 22.6 Å². The van der Waals surface area contributed by atoms with E-state index in [-0.39, 0.29) is 5.91 Å². The van der Waals surface area contributed by atoms with Gasteiger partial charge in [-0.05, 0) is 67.8 Å². The summed E-state index contributed by atoms with van der Waals surface area (Å²) in [4.78, 5) is 39.1. The highest BCUT2D eigenvalue weighted by Gasteiger charge is 2.73. The van der Waals surface area contributed by atoms with Crippen molar-refractivity contribution < 1.29 is 24.2 Å². The molecule has 2 aromatic carbocycles. The third-order valence-corrected chi connectivity index (χ3v) is 8.00. The molecule has 2 saturated heterocycles. The van der Waals surface area contributed by atoms with Crippen LogP contribution in [0.15, 0.2) is 42.5 Å². The molecule has 0 radical (unpaired) electrons. The van der Waals surface area contributed by atoms with Gasteiger partial charge in [0.2, 0.25) is 17.5 Å². The van der Waals surface area contributed by atoms with Gasteiger partial charge in [0.15, 0.2) is 0 Å². The molecule has 2 aromatic rings. The molecule has 0 bridgehead atoms. The van der Waals surface area contributed by atoms with E-state index in [1.807, 2.05) is 37.3 Å². The van der Waals surface area contributed by atoms with Crippen LogP contribution < -0.4 is 10.1 Å². The lowest BCUT2D eigenvalue weighted by Crippen LogP contribution is -2.76. The molecule has 2 amide bonds. The number of ether oxygens (including phenoxy) is 1. The number of nitrogens with one attached hydrogen (secondary N) is 1. The minimum atomic E-state index is -1.82. The molecule has 0 aliphatic carbocycles. The number of hydrogen-bond donors (Lipinski definition) is 2. The smallest absolute Gasteiger partial charge is 0.352 e. The van der Waals surface area contributed by atoms with E-state index in [1.165, 1.54) is 23.6 Å². The quantitative estimate of drug-likeness (QED) is 0.594. The average Bonchev–Trinajstić information content (AvgIpc) is 2.92. The van der Waals surface area contributed by atoms with Crippen molar-refractivity contribution in [3.63, 3.8) is 0 Å². The molecule has 0 saturated carbocycles. The Morgan fingerprint density at radius 1 is 1.18 bits per heavy atom. The number of nitrogens with zero attached hydrogens (tertiary/aromatic N) is 1. The van der Waals surface area contributed by atoms with E-state index in [0.29, 0.717) is 17.4 Å². The van der Waals surface area contributed by atoms with Crippen molar-refractivity contribution in [2.45, 2.75) is 49.4 Å². The number of carbonyl (C=O) groups is 3. The molecule has 33 heavy (non-hydrogen) atoms. The topological polar surface area (TPSA) is 95.9 Å². The summed E-state index contributed by atoms with van der Waals surface area (Å²) in [5.74, 6) is -2.04. The van der Waals surface area contributed by atoms with Crippen LogP contribution in [-0.4, -0.2) is 50.2 Å². The van der Waals surface area contributed by atoms with Crippen LogP contribution in [0.25, 0.3) is 11.1 Å². The number of amides is 2. The van der Waals surface area contributed by atoms with Crippen LogP contribution in [0, 0.1) is 0 Å². The van der Waals surface area contributed by atoms with Gasteiger partial charge in [-0.25, -0.2) is 4.79 Å². The third kappa shape index (κ3) is 3.65. The van der Waals surface area contributed by atoms with Gasteiger partial charge in [0.25, 0.3) is 0 Å². The van der Waals surface area contributed by atoms with Crippen molar-refractivity contribution in [1.29, 1.82) is 0 Å². The Morgan fingerprint density at radius 3 is 2.42 bits per heavy atom. The molecular weight excluding hydrogens is 464 g/mol. The maximum absolute atomic E-state index is 13.4. The first kappa shape index (κ1) is 23.4. The zero-order valence-corrected chi connectivity index (χ0v) is 20.3. The van der Waals surface area contributed by atoms with E-state index < -0.39 is 33.6 Å². The lowest BCUT2D eigenvalue weighted by molar-refractivity contribution is -0.175. The highest BCUT2D eigenvalue weighted by molar-refractivity contribution is 8.01. The van der Waals surface area contributed by atoms with E-state index in [1.54, 1.807) is 26.0 Å². The van der Waals surface area contributed by atoms with E-state index in [9.17, 15) is 19.5 Å². The summed E-state index contributed by atoms with van der Waals surface area (Å²) in [6, 6.07) is 13.0. The Kier molecular flexibility index (Phi) is 5.87. The number of carboxylic acid groups (broad SMARTS) is 1. The summed E-state index contributed by atoms with van der Waals surface area (Å²) in [7, 11) is 0. The maximum atomic E-state index is 13.4. The van der Waals surface area contributed by atoms with Gasteiger partial charge in [-0.2, -0.15) is 0 Å². The number of β-lactam (4-membered cyclic amide) rings is 1. The molecule has 2 aliphatic rings. The lowest BCUT2D eigenvalue weighted by atomic mass is 9.82. The molecule has 2 heterocycles. The van der Waals surface area contributed by atoms with Crippen molar-refractivity contribution in [3.8, 4) is 16.9 Å². The largest absolute Gasteiger partial charge is 0.494 e. The first-order valence-electron chi connectivity index (χ1n) is 10.6. The second-order valence-electron chi connectivity index (χ2n) is 8.63. The predicted octanol–water partition coefficient (Wildman–Crippen LogP) is 4.10. The van der Waals surface area contributed by atoms with E-state index in [2.05, 4.69) is 5.32 Å². The molecule has 3 atom stereocenters. The van der Waals surface area contributed by atoms with E-state index >= 15 is 0 Å². The normalized spacial score (nSPS) is 25.2. The highest BCUT2D eigenvalue weighted by atomic mass is 35.5. The lowest BCUT2D eigenvalue weighted by Gasteiger charge is -2.49. The molecule has 174 valence electrons. The molecule has 2 fully saturated rings.